The lowest BCUT2D eigenvalue weighted by molar-refractivity contribution is -0.118. The van der Waals surface area contributed by atoms with E-state index >= 15 is 0 Å². The van der Waals surface area contributed by atoms with Crippen molar-refractivity contribution in [1.82, 2.24) is 24.8 Å². The van der Waals surface area contributed by atoms with Gasteiger partial charge in [-0.25, -0.2) is 9.07 Å². The van der Waals surface area contributed by atoms with Crippen LogP contribution in [0.1, 0.15) is 18.4 Å². The van der Waals surface area contributed by atoms with Gasteiger partial charge in [-0.1, -0.05) is 23.4 Å². The fourth-order valence-corrected chi connectivity index (χ4v) is 2.79. The number of nitrogens with one attached hydrogen (secondary N) is 1. The van der Waals surface area contributed by atoms with E-state index in [1.165, 1.54) is 10.7 Å². The Morgan fingerprint density at radius 2 is 2.08 bits per heavy atom. The Hall–Kier alpha value is -3.03. The van der Waals surface area contributed by atoms with Gasteiger partial charge in [0.1, 0.15) is 5.82 Å². The smallest absolute Gasteiger partial charge is 0.236 e. The molecule has 7 nitrogen and oxygen atoms in total. The molecule has 24 heavy (non-hydrogen) atoms. The van der Waals surface area contributed by atoms with E-state index in [-0.39, 0.29) is 11.7 Å². The SMILES string of the molecule is Cn1cc(-n2ccc(NC(=O)C3(c4ccccc4F)CC3)n2)nn1. The minimum Gasteiger partial charge on any atom is -0.308 e. The number of amides is 1. The molecule has 0 spiro atoms. The molecule has 3 aromatic rings. The highest BCUT2D eigenvalue weighted by Crippen LogP contribution is 2.49. The van der Waals surface area contributed by atoms with Crippen LogP contribution in [0, 0.1) is 5.82 Å². The third-order valence-corrected chi connectivity index (χ3v) is 4.23. The van der Waals surface area contributed by atoms with Crippen molar-refractivity contribution >= 4 is 11.7 Å². The molecular formula is C16H15FN6O. The van der Waals surface area contributed by atoms with Crippen LogP contribution in [0.4, 0.5) is 10.2 Å². The van der Waals surface area contributed by atoms with Crippen molar-refractivity contribution < 1.29 is 9.18 Å². The minimum absolute atomic E-state index is 0.239. The molecule has 122 valence electrons. The Bertz CT molecular complexity index is 911. The second kappa shape index (κ2) is 5.26. The number of carbonyl (C=O) groups excluding carboxylic acids is 1. The fourth-order valence-electron chi connectivity index (χ4n) is 2.79. The van der Waals surface area contributed by atoms with E-state index in [9.17, 15) is 9.18 Å². The van der Waals surface area contributed by atoms with Gasteiger partial charge in [-0.15, -0.1) is 10.2 Å². The van der Waals surface area contributed by atoms with Crippen LogP contribution >= 0.6 is 0 Å². The Morgan fingerprint density at radius 1 is 1.29 bits per heavy atom. The number of rotatable bonds is 4. The molecule has 0 bridgehead atoms. The predicted octanol–water partition coefficient (Wildman–Crippen LogP) is 1.81. The van der Waals surface area contributed by atoms with Crippen LogP contribution < -0.4 is 5.32 Å². The summed E-state index contributed by atoms with van der Waals surface area (Å²) < 4.78 is 17.1. The molecule has 1 fully saturated rings. The zero-order valence-corrected chi connectivity index (χ0v) is 13.0. The number of carbonyl (C=O) groups is 1. The van der Waals surface area contributed by atoms with E-state index in [1.807, 2.05) is 0 Å². The molecule has 0 aliphatic heterocycles. The summed E-state index contributed by atoms with van der Waals surface area (Å²) in [4.78, 5) is 12.6. The second-order valence-electron chi connectivity index (χ2n) is 5.91. The number of nitrogens with zero attached hydrogens (tertiary/aromatic N) is 5. The Morgan fingerprint density at radius 3 is 2.75 bits per heavy atom. The van der Waals surface area contributed by atoms with Crippen LogP contribution in [0.15, 0.2) is 42.7 Å². The fraction of sp³-hybridized carbons (Fsp3) is 0.250. The minimum atomic E-state index is -0.790. The summed E-state index contributed by atoms with van der Waals surface area (Å²) in [5.41, 5.74) is -0.349. The number of aromatic nitrogens is 5. The Labute approximate surface area is 137 Å². The highest BCUT2D eigenvalue weighted by atomic mass is 19.1. The third kappa shape index (κ3) is 2.36. The monoisotopic (exact) mass is 326 g/mol. The molecular weight excluding hydrogens is 311 g/mol. The zero-order chi connectivity index (χ0) is 16.7. The Kier molecular flexibility index (Phi) is 3.19. The number of anilines is 1. The molecule has 4 rings (SSSR count). The summed E-state index contributed by atoms with van der Waals surface area (Å²) in [5, 5.41) is 14.8. The molecule has 2 heterocycles. The van der Waals surface area contributed by atoms with Crippen molar-refractivity contribution in [3.63, 3.8) is 0 Å². The molecule has 1 amide bonds. The van der Waals surface area contributed by atoms with Crippen molar-refractivity contribution in [3.8, 4) is 5.82 Å². The summed E-state index contributed by atoms with van der Waals surface area (Å²) >= 11 is 0. The molecule has 1 aliphatic rings. The largest absolute Gasteiger partial charge is 0.308 e. The Balaban J connectivity index is 1.55. The number of halogens is 1. The van der Waals surface area contributed by atoms with E-state index in [0.29, 0.717) is 30.0 Å². The number of aryl methyl sites for hydroxylation is 1. The van der Waals surface area contributed by atoms with Crippen LogP contribution in [-0.4, -0.2) is 30.7 Å². The molecule has 1 aliphatic carbocycles. The van der Waals surface area contributed by atoms with Crippen LogP contribution in [0.5, 0.6) is 0 Å². The number of benzene rings is 1. The van der Waals surface area contributed by atoms with Gasteiger partial charge in [-0.05, 0) is 18.9 Å². The molecule has 1 aromatic carbocycles. The van der Waals surface area contributed by atoms with Crippen LogP contribution in [0.3, 0.4) is 0 Å². The molecule has 1 N–H and O–H groups in total. The predicted molar refractivity (Wildman–Crippen MR) is 84.1 cm³/mol. The van der Waals surface area contributed by atoms with Gasteiger partial charge in [0.25, 0.3) is 0 Å². The first-order valence-electron chi connectivity index (χ1n) is 7.57. The molecule has 0 saturated heterocycles. The van der Waals surface area contributed by atoms with Crippen molar-refractivity contribution in [3.05, 3.63) is 54.1 Å². The molecule has 0 radical (unpaired) electrons. The molecule has 8 heteroatoms. The maximum absolute atomic E-state index is 14.0. The highest BCUT2D eigenvalue weighted by molar-refractivity contribution is 6.00. The summed E-state index contributed by atoms with van der Waals surface area (Å²) in [5.74, 6) is 0.355. The van der Waals surface area contributed by atoms with E-state index in [1.54, 1.807) is 48.4 Å². The lowest BCUT2D eigenvalue weighted by atomic mass is 9.94. The average Bonchev–Trinajstić information content (AvgIpc) is 3.05. The molecule has 1 saturated carbocycles. The maximum Gasteiger partial charge on any atom is 0.236 e. The van der Waals surface area contributed by atoms with E-state index in [2.05, 4.69) is 20.7 Å². The normalized spacial score (nSPS) is 15.2. The first-order valence-corrected chi connectivity index (χ1v) is 7.57. The van der Waals surface area contributed by atoms with E-state index in [4.69, 9.17) is 0 Å². The number of hydrogen-bond acceptors (Lipinski definition) is 4. The maximum atomic E-state index is 14.0. The van der Waals surface area contributed by atoms with E-state index < -0.39 is 5.41 Å². The zero-order valence-electron chi connectivity index (χ0n) is 13.0. The molecule has 2 aromatic heterocycles. The van der Waals surface area contributed by atoms with Gasteiger partial charge in [0.2, 0.25) is 5.91 Å². The summed E-state index contributed by atoms with van der Waals surface area (Å²) in [6, 6.07) is 8.08. The quantitative estimate of drug-likeness (QED) is 0.793. The molecule has 0 unspecified atom stereocenters. The van der Waals surface area contributed by atoms with Gasteiger partial charge in [0, 0.05) is 24.9 Å². The van der Waals surface area contributed by atoms with Crippen LogP contribution in [0.25, 0.3) is 5.82 Å². The summed E-state index contributed by atoms with van der Waals surface area (Å²) in [6.45, 7) is 0. The summed E-state index contributed by atoms with van der Waals surface area (Å²) in [6.07, 6.45) is 4.65. The topological polar surface area (TPSA) is 77.6 Å². The van der Waals surface area contributed by atoms with Crippen LogP contribution in [-0.2, 0) is 17.3 Å². The van der Waals surface area contributed by atoms with Gasteiger partial charge in [0.15, 0.2) is 11.6 Å². The van der Waals surface area contributed by atoms with Crippen molar-refractivity contribution in [2.45, 2.75) is 18.3 Å². The lowest BCUT2D eigenvalue weighted by Crippen LogP contribution is -2.29. The third-order valence-electron chi connectivity index (χ3n) is 4.23. The van der Waals surface area contributed by atoms with Crippen LogP contribution in [0.2, 0.25) is 0 Å². The van der Waals surface area contributed by atoms with Crippen molar-refractivity contribution in [2.24, 2.45) is 7.05 Å². The number of hydrogen-bond donors (Lipinski definition) is 1. The van der Waals surface area contributed by atoms with Gasteiger partial charge >= 0.3 is 0 Å². The molecule has 0 atom stereocenters. The van der Waals surface area contributed by atoms with Gasteiger partial charge in [-0.2, -0.15) is 0 Å². The lowest BCUT2D eigenvalue weighted by Gasteiger charge is -2.15. The highest BCUT2D eigenvalue weighted by Gasteiger charge is 2.52. The average molecular weight is 326 g/mol. The van der Waals surface area contributed by atoms with Gasteiger partial charge in [0.05, 0.1) is 11.6 Å². The van der Waals surface area contributed by atoms with Gasteiger partial charge < -0.3 is 5.32 Å². The van der Waals surface area contributed by atoms with Gasteiger partial charge in [-0.3, -0.25) is 9.48 Å². The summed E-state index contributed by atoms with van der Waals surface area (Å²) in [7, 11) is 1.76. The van der Waals surface area contributed by atoms with E-state index in [0.717, 1.165) is 0 Å². The second-order valence-corrected chi connectivity index (χ2v) is 5.91. The standard InChI is InChI=1S/C16H15FN6O/c1-22-10-14(19-21-22)23-9-6-13(20-23)18-15(24)16(7-8-16)11-4-2-3-5-12(11)17/h2-6,9-10H,7-8H2,1H3,(H,18,20,24). The van der Waals surface area contributed by atoms with Crippen molar-refractivity contribution in [1.29, 1.82) is 0 Å². The first kappa shape index (κ1) is 14.6. The van der Waals surface area contributed by atoms with Crippen molar-refractivity contribution in [2.75, 3.05) is 5.32 Å². The first-order chi connectivity index (χ1) is 11.6.